The maximum atomic E-state index is 12.3. The molecule has 1 aromatic carbocycles. The lowest BCUT2D eigenvalue weighted by Gasteiger charge is -2.04. The molecule has 0 spiro atoms. The molecular weight excluding hydrogens is 294 g/mol. The van der Waals surface area contributed by atoms with Crippen LogP contribution in [0, 0.1) is 0 Å². The van der Waals surface area contributed by atoms with Crippen molar-refractivity contribution in [3.8, 4) is 5.82 Å². The van der Waals surface area contributed by atoms with Gasteiger partial charge in [0.1, 0.15) is 17.7 Å². The molecule has 4 rings (SSSR count). The average Bonchev–Trinajstić information content (AvgIpc) is 3.24. The zero-order chi connectivity index (χ0) is 15.6. The van der Waals surface area contributed by atoms with E-state index in [0.717, 1.165) is 5.39 Å². The number of furan rings is 1. The molecule has 0 radical (unpaired) electrons. The number of nitrogens with one attached hydrogen (secondary N) is 1. The van der Waals surface area contributed by atoms with Crippen LogP contribution in [-0.2, 0) is 0 Å². The quantitative estimate of drug-likeness (QED) is 0.629. The summed E-state index contributed by atoms with van der Waals surface area (Å²) in [5, 5.41) is 7.66. The molecule has 7 heteroatoms. The minimum atomic E-state index is -0.369. The van der Waals surface area contributed by atoms with Gasteiger partial charge in [0, 0.05) is 23.8 Å². The lowest BCUT2D eigenvalue weighted by Crippen LogP contribution is -2.13. The number of hydrogen-bond donors (Lipinski definition) is 1. The van der Waals surface area contributed by atoms with E-state index in [0.29, 0.717) is 17.2 Å². The summed E-state index contributed by atoms with van der Waals surface area (Å²) in [5.41, 5.74) is 0.664. The van der Waals surface area contributed by atoms with Gasteiger partial charge in [0.05, 0.1) is 0 Å². The number of anilines is 1. The third-order valence-electron chi connectivity index (χ3n) is 3.28. The van der Waals surface area contributed by atoms with Gasteiger partial charge in [-0.2, -0.15) is 5.10 Å². The fraction of sp³-hybridized carbons (Fsp3) is 0. The Kier molecular flexibility index (Phi) is 3.09. The lowest BCUT2D eigenvalue weighted by atomic mass is 10.2. The minimum Gasteiger partial charge on any atom is -0.451 e. The molecule has 7 nitrogen and oxygen atoms in total. The molecule has 0 saturated heterocycles. The van der Waals surface area contributed by atoms with Crippen LogP contribution >= 0.6 is 0 Å². The van der Waals surface area contributed by atoms with Crippen LogP contribution in [0.4, 0.5) is 5.82 Å². The Morgan fingerprint density at radius 1 is 1.13 bits per heavy atom. The molecule has 112 valence electrons. The van der Waals surface area contributed by atoms with Crippen molar-refractivity contribution < 1.29 is 9.21 Å². The van der Waals surface area contributed by atoms with Gasteiger partial charge >= 0.3 is 0 Å². The SMILES string of the molecule is O=C(Nc1cc(-n2cccn2)ncn1)c1cc2ccccc2o1. The Balaban J connectivity index is 1.60. The average molecular weight is 305 g/mol. The number of benzene rings is 1. The van der Waals surface area contributed by atoms with Crippen LogP contribution in [0.3, 0.4) is 0 Å². The van der Waals surface area contributed by atoms with Crippen molar-refractivity contribution in [1.29, 1.82) is 0 Å². The first-order valence-corrected chi connectivity index (χ1v) is 6.91. The van der Waals surface area contributed by atoms with E-state index in [1.165, 1.54) is 6.33 Å². The molecule has 0 atom stereocenters. The van der Waals surface area contributed by atoms with Crippen LogP contribution in [-0.4, -0.2) is 25.7 Å². The van der Waals surface area contributed by atoms with E-state index in [4.69, 9.17) is 4.42 Å². The largest absolute Gasteiger partial charge is 0.451 e. The highest BCUT2D eigenvalue weighted by molar-refractivity contribution is 6.04. The molecule has 0 aliphatic carbocycles. The summed E-state index contributed by atoms with van der Waals surface area (Å²) in [7, 11) is 0. The molecular formula is C16H11N5O2. The van der Waals surface area contributed by atoms with Crippen LogP contribution in [0.25, 0.3) is 16.8 Å². The monoisotopic (exact) mass is 305 g/mol. The van der Waals surface area contributed by atoms with Crippen molar-refractivity contribution in [2.75, 3.05) is 5.32 Å². The first-order valence-electron chi connectivity index (χ1n) is 6.91. The normalized spacial score (nSPS) is 10.8. The summed E-state index contributed by atoms with van der Waals surface area (Å²) in [6.07, 6.45) is 4.77. The van der Waals surface area contributed by atoms with Crippen LogP contribution in [0.15, 0.2) is 65.6 Å². The molecule has 0 saturated carbocycles. The van der Waals surface area contributed by atoms with Crippen LogP contribution in [0.2, 0.25) is 0 Å². The third kappa shape index (κ3) is 2.55. The van der Waals surface area contributed by atoms with Crippen molar-refractivity contribution in [3.05, 3.63) is 66.9 Å². The Morgan fingerprint density at radius 2 is 2.04 bits per heavy atom. The van der Waals surface area contributed by atoms with Crippen molar-refractivity contribution >= 4 is 22.7 Å². The number of rotatable bonds is 3. The number of fused-ring (bicyclic) bond motifs is 1. The topological polar surface area (TPSA) is 85.8 Å². The van der Waals surface area contributed by atoms with E-state index in [1.807, 2.05) is 24.3 Å². The van der Waals surface area contributed by atoms with Gasteiger partial charge in [0.15, 0.2) is 11.6 Å². The molecule has 3 heterocycles. The summed E-state index contributed by atoms with van der Waals surface area (Å²) in [6, 6.07) is 12.6. The highest BCUT2D eigenvalue weighted by atomic mass is 16.3. The van der Waals surface area contributed by atoms with E-state index in [2.05, 4.69) is 20.4 Å². The minimum absolute atomic E-state index is 0.227. The first-order chi connectivity index (χ1) is 11.3. The summed E-state index contributed by atoms with van der Waals surface area (Å²) < 4.78 is 7.11. The van der Waals surface area contributed by atoms with Crippen molar-refractivity contribution in [1.82, 2.24) is 19.7 Å². The van der Waals surface area contributed by atoms with Gasteiger partial charge < -0.3 is 9.73 Å². The maximum Gasteiger partial charge on any atom is 0.292 e. The molecule has 0 aliphatic heterocycles. The molecule has 3 aromatic heterocycles. The number of para-hydroxylation sites is 1. The predicted molar refractivity (Wildman–Crippen MR) is 83.3 cm³/mol. The number of nitrogens with zero attached hydrogens (tertiary/aromatic N) is 4. The van der Waals surface area contributed by atoms with E-state index in [9.17, 15) is 4.79 Å². The zero-order valence-electron chi connectivity index (χ0n) is 11.9. The van der Waals surface area contributed by atoms with Gasteiger partial charge in [-0.1, -0.05) is 18.2 Å². The van der Waals surface area contributed by atoms with Gasteiger partial charge in [0.2, 0.25) is 0 Å². The molecule has 0 aliphatic rings. The standard InChI is InChI=1S/C16H11N5O2/c22-16(13-8-11-4-1-2-5-12(11)23-13)20-14-9-15(18-10-17-14)21-7-3-6-19-21/h1-10H,(H,17,18,20,22). The van der Waals surface area contributed by atoms with E-state index in [1.54, 1.807) is 35.3 Å². The first kappa shape index (κ1) is 13.2. The Morgan fingerprint density at radius 3 is 2.87 bits per heavy atom. The van der Waals surface area contributed by atoms with E-state index >= 15 is 0 Å². The molecule has 0 fully saturated rings. The highest BCUT2D eigenvalue weighted by Crippen LogP contribution is 2.19. The second-order valence-corrected chi connectivity index (χ2v) is 4.81. The van der Waals surface area contributed by atoms with Gasteiger partial charge in [-0.25, -0.2) is 14.6 Å². The fourth-order valence-corrected chi connectivity index (χ4v) is 2.22. The van der Waals surface area contributed by atoms with Gasteiger partial charge in [-0.05, 0) is 18.2 Å². The molecule has 0 unspecified atom stereocenters. The molecule has 23 heavy (non-hydrogen) atoms. The van der Waals surface area contributed by atoms with Gasteiger partial charge in [0.25, 0.3) is 5.91 Å². The van der Waals surface area contributed by atoms with Crippen LogP contribution in [0.1, 0.15) is 10.6 Å². The van der Waals surface area contributed by atoms with Crippen LogP contribution < -0.4 is 5.32 Å². The second-order valence-electron chi connectivity index (χ2n) is 4.81. The van der Waals surface area contributed by atoms with E-state index < -0.39 is 0 Å². The maximum absolute atomic E-state index is 12.3. The summed E-state index contributed by atoms with van der Waals surface area (Å²) in [6.45, 7) is 0. The highest BCUT2D eigenvalue weighted by Gasteiger charge is 2.13. The Bertz CT molecular complexity index is 942. The molecule has 1 N–H and O–H groups in total. The number of carbonyl (C=O) groups is 1. The molecule has 1 amide bonds. The van der Waals surface area contributed by atoms with E-state index in [-0.39, 0.29) is 11.7 Å². The van der Waals surface area contributed by atoms with Crippen molar-refractivity contribution in [3.63, 3.8) is 0 Å². The van der Waals surface area contributed by atoms with Crippen molar-refractivity contribution in [2.45, 2.75) is 0 Å². The van der Waals surface area contributed by atoms with Gasteiger partial charge in [-0.3, -0.25) is 4.79 Å². The zero-order valence-corrected chi connectivity index (χ0v) is 11.9. The number of carbonyl (C=O) groups excluding carboxylic acids is 1. The van der Waals surface area contributed by atoms with Gasteiger partial charge in [-0.15, -0.1) is 0 Å². The summed E-state index contributed by atoms with van der Waals surface area (Å²) in [5.74, 6) is 0.789. The summed E-state index contributed by atoms with van der Waals surface area (Å²) >= 11 is 0. The Hall–Kier alpha value is -3.48. The fourth-order valence-electron chi connectivity index (χ4n) is 2.22. The Labute approximate surface area is 130 Å². The van der Waals surface area contributed by atoms with Crippen molar-refractivity contribution in [2.24, 2.45) is 0 Å². The second kappa shape index (κ2) is 5.38. The number of hydrogen-bond acceptors (Lipinski definition) is 5. The molecule has 4 aromatic rings. The van der Waals surface area contributed by atoms with Crippen LogP contribution in [0.5, 0.6) is 0 Å². The predicted octanol–water partition coefficient (Wildman–Crippen LogP) is 2.66. The summed E-state index contributed by atoms with van der Waals surface area (Å²) in [4.78, 5) is 20.4. The molecule has 0 bridgehead atoms. The smallest absolute Gasteiger partial charge is 0.292 e. The third-order valence-corrected chi connectivity index (χ3v) is 3.28. The number of amides is 1. The lowest BCUT2D eigenvalue weighted by molar-refractivity contribution is 0.0998. The number of aromatic nitrogens is 4.